The molecule has 0 bridgehead atoms. The number of hydrogen-bond donors (Lipinski definition) is 1. The Balaban J connectivity index is 1.81. The zero-order valence-electron chi connectivity index (χ0n) is 16.5. The second-order valence-electron chi connectivity index (χ2n) is 6.40. The Kier molecular flexibility index (Phi) is 8.65. The highest BCUT2D eigenvalue weighted by Crippen LogP contribution is 2.30. The van der Waals surface area contributed by atoms with Gasteiger partial charge in [0.05, 0.1) is 19.8 Å². The summed E-state index contributed by atoms with van der Waals surface area (Å²) in [6.07, 6.45) is 2.04. The van der Waals surface area contributed by atoms with Crippen molar-refractivity contribution < 1.29 is 14.3 Å². The number of hydrogen-bond acceptors (Lipinski definition) is 4. The number of amides is 1. The van der Waals surface area contributed by atoms with Gasteiger partial charge in [0.15, 0.2) is 11.5 Å². The Morgan fingerprint density at radius 2 is 1.70 bits per heavy atom. The minimum Gasteiger partial charge on any atom is -0.490 e. The molecule has 0 aliphatic carbocycles. The lowest BCUT2D eigenvalue weighted by Gasteiger charge is -2.17. The molecule has 0 aromatic heterocycles. The summed E-state index contributed by atoms with van der Waals surface area (Å²) in [4.78, 5) is 14.3. The zero-order valence-corrected chi connectivity index (χ0v) is 16.5. The molecular weight excluding hydrogens is 340 g/mol. The van der Waals surface area contributed by atoms with Crippen LogP contribution in [0.2, 0.25) is 0 Å². The van der Waals surface area contributed by atoms with Crippen LogP contribution in [0.5, 0.6) is 11.5 Å². The molecule has 146 valence electrons. The van der Waals surface area contributed by atoms with E-state index in [1.54, 1.807) is 0 Å². The molecule has 2 aromatic carbocycles. The Labute approximate surface area is 162 Å². The summed E-state index contributed by atoms with van der Waals surface area (Å²) in [5.41, 5.74) is 2.04. The van der Waals surface area contributed by atoms with Gasteiger partial charge in [-0.15, -0.1) is 0 Å². The van der Waals surface area contributed by atoms with E-state index in [4.69, 9.17) is 9.47 Å². The Bertz CT molecular complexity index is 704. The molecule has 0 unspecified atom stereocenters. The summed E-state index contributed by atoms with van der Waals surface area (Å²) < 4.78 is 11.2. The summed E-state index contributed by atoms with van der Waals surface area (Å²) in [6.45, 7) is 6.19. The number of nitrogens with one attached hydrogen (secondary N) is 1. The number of nitrogens with zero attached hydrogens (tertiary/aromatic N) is 1. The molecule has 0 heterocycles. The first-order valence-corrected chi connectivity index (χ1v) is 9.54. The molecule has 0 fully saturated rings. The number of rotatable bonds is 11. The maximum Gasteiger partial charge on any atom is 0.238 e. The summed E-state index contributed by atoms with van der Waals surface area (Å²) >= 11 is 0. The first-order chi connectivity index (χ1) is 13.1. The van der Waals surface area contributed by atoms with E-state index >= 15 is 0 Å². The summed E-state index contributed by atoms with van der Waals surface area (Å²) in [5.74, 6) is 1.30. The summed E-state index contributed by atoms with van der Waals surface area (Å²) in [6, 6.07) is 15.9. The molecule has 0 radical (unpaired) electrons. The van der Waals surface area contributed by atoms with Crippen LogP contribution in [0.3, 0.4) is 0 Å². The van der Waals surface area contributed by atoms with Gasteiger partial charge in [-0.05, 0) is 58.0 Å². The number of carbonyl (C=O) groups excluding carboxylic acids is 1. The highest BCUT2D eigenvalue weighted by atomic mass is 16.5. The van der Waals surface area contributed by atoms with Gasteiger partial charge in [0.25, 0.3) is 0 Å². The average molecular weight is 370 g/mol. The van der Waals surface area contributed by atoms with E-state index < -0.39 is 0 Å². The van der Waals surface area contributed by atoms with Crippen molar-refractivity contribution in [3.63, 3.8) is 0 Å². The summed E-state index contributed by atoms with van der Waals surface area (Å²) in [7, 11) is 1.97. The SMILES string of the molecule is CCOc1ccc(NC(=O)CN(C)CCCc2ccccc2)cc1OCC. The van der Waals surface area contributed by atoms with E-state index in [1.807, 2.05) is 50.1 Å². The molecule has 1 N–H and O–H groups in total. The van der Waals surface area contributed by atoms with E-state index in [0.717, 1.165) is 19.4 Å². The average Bonchev–Trinajstić information content (AvgIpc) is 2.65. The molecule has 1 amide bonds. The fourth-order valence-electron chi connectivity index (χ4n) is 2.85. The molecule has 0 saturated heterocycles. The van der Waals surface area contributed by atoms with Crippen LogP contribution >= 0.6 is 0 Å². The van der Waals surface area contributed by atoms with Gasteiger partial charge in [0.1, 0.15) is 0 Å². The normalized spacial score (nSPS) is 10.7. The van der Waals surface area contributed by atoms with Crippen molar-refractivity contribution in [2.45, 2.75) is 26.7 Å². The van der Waals surface area contributed by atoms with Gasteiger partial charge in [-0.3, -0.25) is 9.69 Å². The second kappa shape index (κ2) is 11.2. The maximum atomic E-state index is 12.3. The van der Waals surface area contributed by atoms with Crippen LogP contribution in [0, 0.1) is 0 Å². The molecule has 0 spiro atoms. The number of carbonyl (C=O) groups is 1. The topological polar surface area (TPSA) is 50.8 Å². The second-order valence-corrected chi connectivity index (χ2v) is 6.40. The molecule has 5 nitrogen and oxygen atoms in total. The van der Waals surface area contributed by atoms with Crippen LogP contribution in [0.4, 0.5) is 5.69 Å². The van der Waals surface area contributed by atoms with Crippen molar-refractivity contribution in [1.82, 2.24) is 4.90 Å². The molecule has 0 aliphatic rings. The number of anilines is 1. The number of aryl methyl sites for hydroxylation is 1. The van der Waals surface area contributed by atoms with Crippen LogP contribution in [-0.4, -0.2) is 44.2 Å². The molecule has 0 atom stereocenters. The highest BCUT2D eigenvalue weighted by Gasteiger charge is 2.10. The van der Waals surface area contributed by atoms with E-state index in [9.17, 15) is 4.79 Å². The van der Waals surface area contributed by atoms with Gasteiger partial charge in [0, 0.05) is 11.8 Å². The van der Waals surface area contributed by atoms with Gasteiger partial charge in [0.2, 0.25) is 5.91 Å². The zero-order chi connectivity index (χ0) is 19.5. The minimum absolute atomic E-state index is 0.0381. The van der Waals surface area contributed by atoms with Crippen molar-refractivity contribution >= 4 is 11.6 Å². The lowest BCUT2D eigenvalue weighted by atomic mass is 10.1. The van der Waals surface area contributed by atoms with Crippen molar-refractivity contribution in [3.05, 3.63) is 54.1 Å². The minimum atomic E-state index is -0.0381. The van der Waals surface area contributed by atoms with E-state index in [-0.39, 0.29) is 5.91 Å². The fraction of sp³-hybridized carbons (Fsp3) is 0.409. The predicted molar refractivity (Wildman–Crippen MR) is 110 cm³/mol. The molecule has 27 heavy (non-hydrogen) atoms. The Morgan fingerprint density at radius 1 is 1.00 bits per heavy atom. The van der Waals surface area contributed by atoms with Gasteiger partial charge >= 0.3 is 0 Å². The molecule has 0 saturated carbocycles. The van der Waals surface area contributed by atoms with Crippen molar-refractivity contribution in [3.8, 4) is 11.5 Å². The number of ether oxygens (including phenoxy) is 2. The van der Waals surface area contributed by atoms with Crippen molar-refractivity contribution in [2.75, 3.05) is 38.7 Å². The van der Waals surface area contributed by atoms with Gasteiger partial charge in [-0.2, -0.15) is 0 Å². The maximum absolute atomic E-state index is 12.3. The van der Waals surface area contributed by atoms with Crippen molar-refractivity contribution in [2.24, 2.45) is 0 Å². The smallest absolute Gasteiger partial charge is 0.238 e. The Hall–Kier alpha value is -2.53. The van der Waals surface area contributed by atoms with Crippen LogP contribution in [0.15, 0.2) is 48.5 Å². The third kappa shape index (κ3) is 7.31. The van der Waals surface area contributed by atoms with Crippen LogP contribution < -0.4 is 14.8 Å². The highest BCUT2D eigenvalue weighted by molar-refractivity contribution is 5.92. The van der Waals surface area contributed by atoms with E-state index in [0.29, 0.717) is 36.9 Å². The van der Waals surface area contributed by atoms with Crippen LogP contribution in [0.25, 0.3) is 0 Å². The van der Waals surface area contributed by atoms with Gasteiger partial charge in [-0.25, -0.2) is 0 Å². The van der Waals surface area contributed by atoms with Crippen molar-refractivity contribution in [1.29, 1.82) is 0 Å². The van der Waals surface area contributed by atoms with Crippen LogP contribution in [0.1, 0.15) is 25.8 Å². The first kappa shape index (κ1) is 20.8. The van der Waals surface area contributed by atoms with E-state index in [1.165, 1.54) is 5.56 Å². The number of likely N-dealkylation sites (N-methyl/N-ethyl adjacent to an activating group) is 1. The van der Waals surface area contributed by atoms with Crippen LogP contribution in [-0.2, 0) is 11.2 Å². The lowest BCUT2D eigenvalue weighted by Crippen LogP contribution is -2.31. The fourth-order valence-corrected chi connectivity index (χ4v) is 2.85. The quantitative estimate of drug-likeness (QED) is 0.650. The van der Waals surface area contributed by atoms with E-state index in [2.05, 4.69) is 29.6 Å². The molecule has 2 aromatic rings. The third-order valence-electron chi connectivity index (χ3n) is 4.09. The number of benzene rings is 2. The lowest BCUT2D eigenvalue weighted by molar-refractivity contribution is -0.117. The summed E-state index contributed by atoms with van der Waals surface area (Å²) in [5, 5.41) is 2.93. The predicted octanol–water partition coefficient (Wildman–Crippen LogP) is 3.99. The Morgan fingerprint density at radius 3 is 2.41 bits per heavy atom. The molecular formula is C22H30N2O3. The van der Waals surface area contributed by atoms with Gasteiger partial charge in [-0.1, -0.05) is 30.3 Å². The third-order valence-corrected chi connectivity index (χ3v) is 4.09. The molecule has 5 heteroatoms. The first-order valence-electron chi connectivity index (χ1n) is 9.54. The largest absolute Gasteiger partial charge is 0.490 e. The monoisotopic (exact) mass is 370 g/mol. The molecule has 0 aliphatic heterocycles. The molecule has 2 rings (SSSR count). The standard InChI is InChI=1S/C22H30N2O3/c1-4-26-20-14-13-19(16-21(20)27-5-2)23-22(25)17-24(3)15-9-12-18-10-7-6-8-11-18/h6-8,10-11,13-14,16H,4-5,9,12,15,17H2,1-3H3,(H,23,25). The van der Waals surface area contributed by atoms with Gasteiger partial charge < -0.3 is 14.8 Å².